The van der Waals surface area contributed by atoms with Gasteiger partial charge in [0.1, 0.15) is 6.04 Å². The SMILES string of the molecule is NC(=O)[C@H]1CC[C@H](c2ccccc2)N1C(=O)c1cnn(CCN2CCCCC2)c1. The predicted molar refractivity (Wildman–Crippen MR) is 110 cm³/mol. The zero-order valence-corrected chi connectivity index (χ0v) is 16.7. The molecule has 0 spiro atoms. The molecule has 0 bridgehead atoms. The molecular weight excluding hydrogens is 366 g/mol. The molecule has 2 aliphatic heterocycles. The number of hydrogen-bond donors (Lipinski definition) is 1. The lowest BCUT2D eigenvalue weighted by atomic mass is 10.0. The Kier molecular flexibility index (Phi) is 5.94. The second kappa shape index (κ2) is 8.78. The van der Waals surface area contributed by atoms with E-state index in [1.807, 2.05) is 35.0 Å². The van der Waals surface area contributed by atoms with Crippen molar-refractivity contribution in [3.8, 4) is 0 Å². The number of nitrogens with two attached hydrogens (primary N) is 1. The van der Waals surface area contributed by atoms with Crippen molar-refractivity contribution < 1.29 is 9.59 Å². The molecule has 1 aromatic heterocycles. The van der Waals surface area contributed by atoms with Crippen molar-refractivity contribution in [2.75, 3.05) is 19.6 Å². The lowest BCUT2D eigenvalue weighted by Crippen LogP contribution is -2.44. The van der Waals surface area contributed by atoms with Gasteiger partial charge in [-0.1, -0.05) is 36.8 Å². The van der Waals surface area contributed by atoms with Crippen molar-refractivity contribution in [3.63, 3.8) is 0 Å². The van der Waals surface area contributed by atoms with Crippen LogP contribution >= 0.6 is 0 Å². The largest absolute Gasteiger partial charge is 0.368 e. The average molecular weight is 396 g/mol. The number of primary amides is 1. The van der Waals surface area contributed by atoms with Crippen molar-refractivity contribution in [3.05, 3.63) is 53.9 Å². The Morgan fingerprint density at radius 1 is 1.03 bits per heavy atom. The van der Waals surface area contributed by atoms with Crippen molar-refractivity contribution in [1.29, 1.82) is 0 Å². The zero-order valence-electron chi connectivity index (χ0n) is 16.7. The maximum atomic E-state index is 13.3. The molecule has 1 aromatic carbocycles. The highest BCUT2D eigenvalue weighted by Gasteiger charge is 2.41. The van der Waals surface area contributed by atoms with E-state index in [2.05, 4.69) is 10.00 Å². The zero-order chi connectivity index (χ0) is 20.2. The van der Waals surface area contributed by atoms with Crippen LogP contribution in [0.1, 0.15) is 54.1 Å². The number of nitrogens with zero attached hydrogens (tertiary/aromatic N) is 4. The number of amides is 2. The van der Waals surface area contributed by atoms with E-state index in [1.165, 1.54) is 19.3 Å². The molecule has 29 heavy (non-hydrogen) atoms. The van der Waals surface area contributed by atoms with Gasteiger partial charge in [0.15, 0.2) is 0 Å². The van der Waals surface area contributed by atoms with E-state index in [-0.39, 0.29) is 11.9 Å². The number of carbonyl (C=O) groups is 2. The van der Waals surface area contributed by atoms with Crippen LogP contribution in [0.2, 0.25) is 0 Å². The second-order valence-corrected chi connectivity index (χ2v) is 8.03. The first-order valence-corrected chi connectivity index (χ1v) is 10.6. The summed E-state index contributed by atoms with van der Waals surface area (Å²) in [7, 11) is 0. The summed E-state index contributed by atoms with van der Waals surface area (Å²) in [4.78, 5) is 29.4. The van der Waals surface area contributed by atoms with Crippen molar-refractivity contribution in [2.45, 2.75) is 50.7 Å². The van der Waals surface area contributed by atoms with Crippen LogP contribution in [0.5, 0.6) is 0 Å². The van der Waals surface area contributed by atoms with E-state index in [0.717, 1.165) is 38.2 Å². The van der Waals surface area contributed by atoms with Crippen LogP contribution < -0.4 is 5.73 Å². The molecule has 0 unspecified atom stereocenters. The van der Waals surface area contributed by atoms with Gasteiger partial charge in [-0.05, 0) is 44.3 Å². The summed E-state index contributed by atoms with van der Waals surface area (Å²) >= 11 is 0. The van der Waals surface area contributed by atoms with Gasteiger partial charge in [0.05, 0.1) is 24.3 Å². The van der Waals surface area contributed by atoms with E-state index in [1.54, 1.807) is 17.3 Å². The number of piperidine rings is 1. The molecule has 2 aliphatic rings. The average Bonchev–Trinajstić information content (AvgIpc) is 3.41. The Morgan fingerprint density at radius 2 is 1.79 bits per heavy atom. The number of benzene rings is 1. The predicted octanol–water partition coefficient (Wildman–Crippen LogP) is 2.20. The monoisotopic (exact) mass is 395 g/mol. The third kappa shape index (κ3) is 4.34. The Balaban J connectivity index is 1.48. The normalized spacial score (nSPS) is 22.7. The molecule has 0 aliphatic carbocycles. The van der Waals surface area contributed by atoms with Gasteiger partial charge in [-0.25, -0.2) is 0 Å². The quantitative estimate of drug-likeness (QED) is 0.813. The molecule has 2 fully saturated rings. The van der Waals surface area contributed by atoms with Gasteiger partial charge in [0, 0.05) is 12.7 Å². The maximum absolute atomic E-state index is 13.3. The maximum Gasteiger partial charge on any atom is 0.258 e. The fourth-order valence-corrected chi connectivity index (χ4v) is 4.55. The molecule has 2 atom stereocenters. The highest BCUT2D eigenvalue weighted by atomic mass is 16.2. The van der Waals surface area contributed by atoms with E-state index in [9.17, 15) is 9.59 Å². The Hall–Kier alpha value is -2.67. The van der Waals surface area contributed by atoms with Crippen LogP contribution in [0.3, 0.4) is 0 Å². The molecule has 2 aromatic rings. The van der Waals surface area contributed by atoms with Gasteiger partial charge in [-0.2, -0.15) is 5.10 Å². The lowest BCUT2D eigenvalue weighted by molar-refractivity contribution is -0.122. The number of likely N-dealkylation sites (tertiary alicyclic amines) is 2. The first-order chi connectivity index (χ1) is 14.1. The molecule has 7 heteroatoms. The summed E-state index contributed by atoms with van der Waals surface area (Å²) in [5, 5.41) is 4.39. The van der Waals surface area contributed by atoms with Crippen LogP contribution in [0.4, 0.5) is 0 Å². The van der Waals surface area contributed by atoms with E-state index in [0.29, 0.717) is 12.0 Å². The number of carbonyl (C=O) groups excluding carboxylic acids is 2. The third-order valence-electron chi connectivity index (χ3n) is 6.11. The third-order valence-corrected chi connectivity index (χ3v) is 6.11. The summed E-state index contributed by atoms with van der Waals surface area (Å²) in [6.07, 6.45) is 8.55. The number of hydrogen-bond acceptors (Lipinski definition) is 4. The minimum atomic E-state index is -0.579. The molecule has 4 rings (SSSR count). The van der Waals surface area contributed by atoms with Crippen LogP contribution in [0.25, 0.3) is 0 Å². The smallest absolute Gasteiger partial charge is 0.258 e. The summed E-state index contributed by atoms with van der Waals surface area (Å²) in [6.45, 7) is 3.98. The summed E-state index contributed by atoms with van der Waals surface area (Å²) in [6, 6.07) is 9.12. The number of aromatic nitrogens is 2. The summed E-state index contributed by atoms with van der Waals surface area (Å²) in [5.41, 5.74) is 7.16. The molecule has 7 nitrogen and oxygen atoms in total. The minimum Gasteiger partial charge on any atom is -0.368 e. The molecule has 2 saturated heterocycles. The highest BCUT2D eigenvalue weighted by Crippen LogP contribution is 2.37. The van der Waals surface area contributed by atoms with Gasteiger partial charge in [-0.15, -0.1) is 0 Å². The lowest BCUT2D eigenvalue weighted by Gasteiger charge is -2.29. The summed E-state index contributed by atoms with van der Waals surface area (Å²) < 4.78 is 1.83. The molecule has 2 N–H and O–H groups in total. The standard InChI is InChI=1S/C22H29N5O2/c23-21(28)20-10-9-19(17-7-3-1-4-8-17)27(20)22(29)18-15-24-26(16-18)14-13-25-11-5-2-6-12-25/h1,3-4,7-8,15-16,19-20H,2,5-6,9-14H2,(H2,23,28)/t19-,20-/m1/s1. The molecule has 154 valence electrons. The van der Waals surface area contributed by atoms with Gasteiger partial charge in [0.2, 0.25) is 5.91 Å². The van der Waals surface area contributed by atoms with Crippen molar-refractivity contribution >= 4 is 11.8 Å². The molecule has 3 heterocycles. The van der Waals surface area contributed by atoms with Gasteiger partial charge < -0.3 is 15.5 Å². The van der Waals surface area contributed by atoms with E-state index >= 15 is 0 Å². The molecule has 0 radical (unpaired) electrons. The topological polar surface area (TPSA) is 84.5 Å². The van der Waals surface area contributed by atoms with Crippen LogP contribution in [-0.2, 0) is 11.3 Å². The Bertz CT molecular complexity index is 844. The van der Waals surface area contributed by atoms with Gasteiger partial charge in [-0.3, -0.25) is 14.3 Å². The minimum absolute atomic E-state index is 0.141. The van der Waals surface area contributed by atoms with Crippen LogP contribution in [0, 0.1) is 0 Å². The first kappa shape index (κ1) is 19.6. The number of rotatable bonds is 6. The first-order valence-electron chi connectivity index (χ1n) is 10.6. The van der Waals surface area contributed by atoms with E-state index in [4.69, 9.17) is 5.73 Å². The van der Waals surface area contributed by atoms with Crippen LogP contribution in [0.15, 0.2) is 42.7 Å². The fraction of sp³-hybridized carbons (Fsp3) is 0.500. The van der Waals surface area contributed by atoms with Crippen molar-refractivity contribution in [1.82, 2.24) is 19.6 Å². The van der Waals surface area contributed by atoms with Gasteiger partial charge in [0.25, 0.3) is 5.91 Å². The van der Waals surface area contributed by atoms with Gasteiger partial charge >= 0.3 is 0 Å². The van der Waals surface area contributed by atoms with Crippen LogP contribution in [-0.4, -0.2) is 57.1 Å². The Morgan fingerprint density at radius 3 is 2.52 bits per heavy atom. The highest BCUT2D eigenvalue weighted by molar-refractivity contribution is 5.97. The molecule has 2 amide bonds. The van der Waals surface area contributed by atoms with Crippen molar-refractivity contribution in [2.24, 2.45) is 5.73 Å². The fourth-order valence-electron chi connectivity index (χ4n) is 4.55. The molecular formula is C22H29N5O2. The summed E-state index contributed by atoms with van der Waals surface area (Å²) in [5.74, 6) is -0.626. The molecule has 0 saturated carbocycles. The second-order valence-electron chi connectivity index (χ2n) is 8.03. The van der Waals surface area contributed by atoms with E-state index < -0.39 is 11.9 Å². The Labute approximate surface area is 171 Å².